The largest absolute Gasteiger partial charge is 0.463 e. The van der Waals surface area contributed by atoms with Crippen molar-refractivity contribution < 1.29 is 23.8 Å². The van der Waals surface area contributed by atoms with E-state index in [-0.39, 0.29) is 25.2 Å². The van der Waals surface area contributed by atoms with E-state index < -0.39 is 0 Å². The van der Waals surface area contributed by atoms with Gasteiger partial charge in [0.15, 0.2) is 0 Å². The van der Waals surface area contributed by atoms with E-state index in [1.54, 1.807) is 0 Å². The molecule has 0 unspecified atom stereocenters. The van der Waals surface area contributed by atoms with Crippen LogP contribution in [-0.2, 0) is 23.8 Å². The smallest absolute Gasteiger partial charge is 0.305 e. The lowest BCUT2D eigenvalue weighted by molar-refractivity contribution is -0.146. The second-order valence-corrected chi connectivity index (χ2v) is 20.5. The molecule has 0 amide bonds. The van der Waals surface area contributed by atoms with Gasteiger partial charge in [0.2, 0.25) is 0 Å². The van der Waals surface area contributed by atoms with Gasteiger partial charge in [0.25, 0.3) is 0 Å². The summed E-state index contributed by atoms with van der Waals surface area (Å²) in [6, 6.07) is 0. The number of esters is 2. The number of ether oxygens (including phenoxy) is 3. The molecule has 0 aromatic carbocycles. The van der Waals surface area contributed by atoms with E-state index in [1.807, 2.05) is 0 Å². The van der Waals surface area contributed by atoms with Crippen molar-refractivity contribution >= 4 is 11.9 Å². The average molecular weight is 920 g/mol. The molecule has 0 radical (unpaired) electrons. The first kappa shape index (κ1) is 63.9. The highest BCUT2D eigenvalue weighted by molar-refractivity contribution is 5.69. The lowest BCUT2D eigenvalue weighted by Gasteiger charge is -2.07. The topological polar surface area (TPSA) is 61.8 Å². The predicted octanol–water partition coefficient (Wildman–Crippen LogP) is 20.4. The molecule has 0 aliphatic carbocycles. The Morgan fingerprint density at radius 1 is 0.215 bits per heavy atom. The van der Waals surface area contributed by atoms with Crippen molar-refractivity contribution in [3.8, 4) is 0 Å². The van der Waals surface area contributed by atoms with E-state index in [9.17, 15) is 9.59 Å². The number of hydrogen-bond acceptors (Lipinski definition) is 5. The molecule has 0 aliphatic heterocycles. The summed E-state index contributed by atoms with van der Waals surface area (Å²) in [6.07, 6.45) is 70.1. The maximum atomic E-state index is 12.0. The van der Waals surface area contributed by atoms with E-state index in [0.29, 0.717) is 26.1 Å². The molecule has 0 saturated heterocycles. The molecular formula is C60H118O5. The summed E-state index contributed by atoms with van der Waals surface area (Å²) in [7, 11) is 0. The standard InChI is InChI=1S/C60H118O5/c1-3-5-7-9-11-13-15-17-19-21-23-25-27-29-31-33-35-37-39-41-43-45-47-49-51-53-59(61)64-57-55-63-56-58-65-60(62)54-52-50-48-46-44-42-40-38-36-34-32-30-28-26-24-22-20-18-16-14-12-10-8-6-4-2/h3-58H2,1-2H3. The van der Waals surface area contributed by atoms with Gasteiger partial charge in [0, 0.05) is 12.8 Å². The van der Waals surface area contributed by atoms with Gasteiger partial charge in [0.1, 0.15) is 13.2 Å². The number of rotatable bonds is 58. The van der Waals surface area contributed by atoms with Crippen molar-refractivity contribution in [1.82, 2.24) is 0 Å². The summed E-state index contributed by atoms with van der Waals surface area (Å²) < 4.78 is 16.1. The Morgan fingerprint density at radius 2 is 0.369 bits per heavy atom. The molecule has 65 heavy (non-hydrogen) atoms. The van der Waals surface area contributed by atoms with Crippen molar-refractivity contribution in [3.63, 3.8) is 0 Å². The predicted molar refractivity (Wildman–Crippen MR) is 284 cm³/mol. The Bertz CT molecular complexity index is 821. The van der Waals surface area contributed by atoms with Gasteiger partial charge in [-0.1, -0.05) is 322 Å². The Morgan fingerprint density at radius 3 is 0.538 bits per heavy atom. The monoisotopic (exact) mass is 919 g/mol. The van der Waals surface area contributed by atoms with Crippen LogP contribution < -0.4 is 0 Å². The molecule has 0 heterocycles. The third kappa shape index (κ3) is 59.0. The van der Waals surface area contributed by atoms with Crippen LogP contribution in [0.4, 0.5) is 0 Å². The Kier molecular flexibility index (Phi) is 58.0. The molecule has 0 fully saturated rings. The van der Waals surface area contributed by atoms with E-state index in [2.05, 4.69) is 13.8 Å². The zero-order valence-electron chi connectivity index (χ0n) is 44.6. The summed E-state index contributed by atoms with van der Waals surface area (Å²) in [4.78, 5) is 24.1. The van der Waals surface area contributed by atoms with E-state index in [4.69, 9.17) is 14.2 Å². The summed E-state index contributed by atoms with van der Waals surface area (Å²) >= 11 is 0. The summed E-state index contributed by atoms with van der Waals surface area (Å²) in [6.45, 7) is 5.84. The molecule has 0 aromatic heterocycles. The summed E-state index contributed by atoms with van der Waals surface area (Å²) in [5.74, 6) is -0.260. The first-order chi connectivity index (χ1) is 32.2. The minimum Gasteiger partial charge on any atom is -0.463 e. The molecule has 5 nitrogen and oxygen atoms in total. The molecular weight excluding hydrogens is 801 g/mol. The summed E-state index contributed by atoms with van der Waals surface area (Å²) in [5, 5.41) is 0. The SMILES string of the molecule is CCCCCCCCCCCCCCCCCCCCCCCCCCCC(=O)OCCOCCOC(=O)CCCCCCCCCCCCCCCCCCCCCCCCCCC. The molecule has 0 spiro atoms. The molecule has 0 saturated carbocycles. The van der Waals surface area contributed by atoms with Crippen LogP contribution in [0.5, 0.6) is 0 Å². The van der Waals surface area contributed by atoms with Crippen LogP contribution in [-0.4, -0.2) is 38.4 Å². The zero-order valence-corrected chi connectivity index (χ0v) is 44.6. The normalized spacial score (nSPS) is 11.5. The maximum Gasteiger partial charge on any atom is 0.305 e. The third-order valence-corrected chi connectivity index (χ3v) is 14.0. The first-order valence-electron chi connectivity index (χ1n) is 30.1. The van der Waals surface area contributed by atoms with E-state index in [1.165, 1.54) is 295 Å². The van der Waals surface area contributed by atoms with Gasteiger partial charge in [-0.15, -0.1) is 0 Å². The molecule has 0 aromatic rings. The second kappa shape index (κ2) is 59.0. The first-order valence-corrected chi connectivity index (χ1v) is 30.1. The van der Waals surface area contributed by atoms with Gasteiger partial charge < -0.3 is 14.2 Å². The van der Waals surface area contributed by atoms with Crippen LogP contribution in [0.2, 0.25) is 0 Å². The third-order valence-electron chi connectivity index (χ3n) is 14.0. The van der Waals surface area contributed by atoms with Crippen molar-refractivity contribution in [2.24, 2.45) is 0 Å². The molecule has 0 aliphatic rings. The highest BCUT2D eigenvalue weighted by atomic mass is 16.6. The van der Waals surface area contributed by atoms with Gasteiger partial charge in [-0.3, -0.25) is 9.59 Å². The Balaban J connectivity index is 3.22. The minimum atomic E-state index is -0.130. The molecule has 0 N–H and O–H groups in total. The van der Waals surface area contributed by atoms with Crippen LogP contribution in [0.1, 0.15) is 348 Å². The number of carbonyl (C=O) groups excluding carboxylic acids is 2. The van der Waals surface area contributed by atoms with Crippen LogP contribution in [0.25, 0.3) is 0 Å². The maximum absolute atomic E-state index is 12.0. The fourth-order valence-electron chi connectivity index (χ4n) is 9.49. The van der Waals surface area contributed by atoms with Crippen molar-refractivity contribution in [2.45, 2.75) is 348 Å². The average Bonchev–Trinajstić information content (AvgIpc) is 3.31. The lowest BCUT2D eigenvalue weighted by atomic mass is 10.0. The minimum absolute atomic E-state index is 0.130. The Hall–Kier alpha value is -1.10. The number of carbonyl (C=O) groups is 2. The van der Waals surface area contributed by atoms with Crippen LogP contribution in [0.3, 0.4) is 0 Å². The highest BCUT2D eigenvalue weighted by Gasteiger charge is 2.05. The zero-order chi connectivity index (χ0) is 46.9. The van der Waals surface area contributed by atoms with Crippen LogP contribution in [0, 0.1) is 0 Å². The number of unbranched alkanes of at least 4 members (excludes halogenated alkanes) is 48. The second-order valence-electron chi connectivity index (χ2n) is 20.5. The van der Waals surface area contributed by atoms with E-state index in [0.717, 1.165) is 25.7 Å². The molecule has 5 heteroatoms. The Labute approximate surface area is 408 Å². The molecule has 0 rings (SSSR count). The quantitative estimate of drug-likeness (QED) is 0.0449. The van der Waals surface area contributed by atoms with Gasteiger partial charge in [-0.2, -0.15) is 0 Å². The lowest BCUT2D eigenvalue weighted by Crippen LogP contribution is -2.14. The molecule has 0 bridgehead atoms. The van der Waals surface area contributed by atoms with Crippen molar-refractivity contribution in [3.05, 3.63) is 0 Å². The van der Waals surface area contributed by atoms with Gasteiger partial charge in [-0.05, 0) is 12.8 Å². The van der Waals surface area contributed by atoms with E-state index >= 15 is 0 Å². The van der Waals surface area contributed by atoms with Crippen molar-refractivity contribution in [2.75, 3.05) is 26.4 Å². The summed E-state index contributed by atoms with van der Waals surface area (Å²) in [5.41, 5.74) is 0. The van der Waals surface area contributed by atoms with Gasteiger partial charge >= 0.3 is 11.9 Å². The van der Waals surface area contributed by atoms with Gasteiger partial charge in [0.05, 0.1) is 13.2 Å². The molecule has 388 valence electrons. The van der Waals surface area contributed by atoms with Crippen LogP contribution >= 0.6 is 0 Å². The van der Waals surface area contributed by atoms with Gasteiger partial charge in [-0.25, -0.2) is 0 Å². The fourth-order valence-corrected chi connectivity index (χ4v) is 9.49. The highest BCUT2D eigenvalue weighted by Crippen LogP contribution is 2.18. The van der Waals surface area contributed by atoms with Crippen LogP contribution in [0.15, 0.2) is 0 Å². The number of hydrogen-bond donors (Lipinski definition) is 0. The fraction of sp³-hybridized carbons (Fsp3) is 0.967. The van der Waals surface area contributed by atoms with Crippen molar-refractivity contribution in [1.29, 1.82) is 0 Å². The molecule has 0 atom stereocenters.